The maximum absolute atomic E-state index is 2.54. The molecule has 4 nitrogen and oxygen atoms in total. The third-order valence-electron chi connectivity index (χ3n) is 9.72. The van der Waals surface area contributed by atoms with Crippen LogP contribution in [-0.2, 0) is 20.1 Å². The lowest BCUT2D eigenvalue weighted by Crippen LogP contribution is -2.98. The van der Waals surface area contributed by atoms with Gasteiger partial charge in [0.05, 0.1) is 13.2 Å². The van der Waals surface area contributed by atoms with Crippen molar-refractivity contribution in [2.24, 2.45) is 7.05 Å². The maximum atomic E-state index is 2.54. The summed E-state index contributed by atoms with van der Waals surface area (Å²) in [5, 5.41) is 0. The van der Waals surface area contributed by atoms with E-state index in [9.17, 15) is 0 Å². The molecule has 6 heteroatoms. The van der Waals surface area contributed by atoms with E-state index in [2.05, 4.69) is 198 Å². The van der Waals surface area contributed by atoms with E-state index < -0.39 is 0 Å². The second-order valence-corrected chi connectivity index (χ2v) is 16.9. The highest BCUT2D eigenvalue weighted by molar-refractivity contribution is 8.76. The van der Waals surface area contributed by atoms with Gasteiger partial charge in [-0.3, -0.25) is 4.90 Å². The van der Waals surface area contributed by atoms with Crippen LogP contribution in [0.4, 0.5) is 11.4 Å². The average molecular weight is 765 g/mol. The lowest BCUT2D eigenvalue weighted by molar-refractivity contribution is -0.763. The second kappa shape index (κ2) is 22.0. The molecule has 282 valence electrons. The number of hydrogen-bond acceptors (Lipinski definition) is 4. The van der Waals surface area contributed by atoms with Gasteiger partial charge >= 0.3 is 0 Å². The zero-order valence-electron chi connectivity index (χ0n) is 32.5. The van der Waals surface area contributed by atoms with Gasteiger partial charge in [-0.2, -0.15) is 0 Å². The molecule has 1 unspecified atom stereocenters. The van der Waals surface area contributed by atoms with Gasteiger partial charge in [-0.05, 0) is 83.8 Å². The van der Waals surface area contributed by atoms with Crippen LogP contribution in [-0.4, -0.2) is 31.6 Å². The van der Waals surface area contributed by atoms with Crippen LogP contribution in [0.1, 0.15) is 53.5 Å². The lowest BCUT2D eigenvalue weighted by atomic mass is 10.1. The predicted molar refractivity (Wildman–Crippen MR) is 241 cm³/mol. The van der Waals surface area contributed by atoms with Crippen molar-refractivity contribution >= 4 is 51.2 Å². The molecule has 0 amide bonds. The van der Waals surface area contributed by atoms with Crippen molar-refractivity contribution in [2.45, 2.75) is 38.8 Å². The zero-order valence-corrected chi connectivity index (χ0v) is 34.1. The number of anilines is 2. The quantitative estimate of drug-likeness (QED) is 0.0454. The third-order valence-corrected chi connectivity index (χ3v) is 12.3. The van der Waals surface area contributed by atoms with Gasteiger partial charge in [0.25, 0.3) is 0 Å². The van der Waals surface area contributed by atoms with Gasteiger partial charge < -0.3 is 9.80 Å². The number of benzene rings is 4. The van der Waals surface area contributed by atoms with E-state index in [4.69, 9.17) is 0 Å². The summed E-state index contributed by atoms with van der Waals surface area (Å²) in [5.74, 6) is 2.38. The Labute approximate surface area is 338 Å². The standard InChI is InChI=1S/C49H55N4S2/c1-50-34-29-44(30-35-50)18-17-42-21-25-48(26-22-42)52(40-45-13-5-3-6-14-45)32-9-11-37-54-55-38-12-10-33-53(41-46-15-7-4-8-16-46)49-27-23-43(24-28-49)19-20-47-31-36-51(2)39-47/h3-8,13-31,34-36,39H,9-12,32-33,37-38,40-41H2,1-2H3/q+1/p+1/b20-19+. The number of pyridine rings is 1. The highest BCUT2D eigenvalue weighted by atomic mass is 33.1. The van der Waals surface area contributed by atoms with Crippen LogP contribution < -0.4 is 19.3 Å². The fourth-order valence-corrected chi connectivity index (χ4v) is 8.84. The minimum Gasteiger partial charge on any atom is -0.367 e. The van der Waals surface area contributed by atoms with Crippen molar-refractivity contribution < 1.29 is 9.47 Å². The zero-order chi connectivity index (χ0) is 37.9. The van der Waals surface area contributed by atoms with Crippen molar-refractivity contribution in [3.05, 3.63) is 192 Å². The van der Waals surface area contributed by atoms with Crippen LogP contribution in [0.3, 0.4) is 0 Å². The molecule has 1 N–H and O–H groups in total. The van der Waals surface area contributed by atoms with E-state index in [1.807, 2.05) is 28.6 Å². The van der Waals surface area contributed by atoms with Crippen molar-refractivity contribution in [1.29, 1.82) is 0 Å². The van der Waals surface area contributed by atoms with Crippen molar-refractivity contribution in [1.82, 2.24) is 0 Å². The largest absolute Gasteiger partial charge is 0.367 e. The van der Waals surface area contributed by atoms with Crippen LogP contribution in [0, 0.1) is 0 Å². The van der Waals surface area contributed by atoms with Gasteiger partial charge in [-0.25, -0.2) is 4.57 Å². The van der Waals surface area contributed by atoms with Crippen LogP contribution in [0.5, 0.6) is 0 Å². The molecule has 55 heavy (non-hydrogen) atoms. The number of aryl methyl sites for hydroxylation is 1. The highest BCUT2D eigenvalue weighted by Crippen LogP contribution is 2.26. The first kappa shape index (κ1) is 39.9. The van der Waals surface area contributed by atoms with E-state index >= 15 is 0 Å². The topological polar surface area (TPSA) is 14.8 Å². The number of hydrogen-bond donors (Lipinski definition) is 1. The molecule has 0 radical (unpaired) electrons. The van der Waals surface area contributed by atoms with Gasteiger partial charge in [0.15, 0.2) is 12.4 Å². The molecule has 1 aliphatic heterocycles. The van der Waals surface area contributed by atoms with Crippen LogP contribution in [0.25, 0.3) is 18.2 Å². The van der Waals surface area contributed by atoms with Gasteiger partial charge in [-0.15, -0.1) is 0 Å². The van der Waals surface area contributed by atoms with E-state index in [1.165, 1.54) is 86.9 Å². The summed E-state index contributed by atoms with van der Waals surface area (Å²) in [4.78, 5) is 6.38. The monoisotopic (exact) mass is 764 g/mol. The molecule has 2 heterocycles. The normalized spacial score (nSPS) is 13.9. The molecule has 0 spiro atoms. The molecule has 5 aromatic rings. The number of aromatic nitrogens is 1. The predicted octanol–water partition coefficient (Wildman–Crippen LogP) is 10.3. The smallest absolute Gasteiger partial charge is 0.169 e. The molecule has 0 saturated carbocycles. The number of nitrogens with zero attached hydrogens (tertiary/aromatic N) is 3. The molecular formula is C49H56N4S2+2. The molecule has 4 aromatic carbocycles. The van der Waals surface area contributed by atoms with Gasteiger partial charge in [0.2, 0.25) is 0 Å². The number of rotatable bonds is 21. The fourth-order valence-electron chi connectivity index (χ4n) is 6.54. The molecule has 0 bridgehead atoms. The molecule has 0 aliphatic carbocycles. The third kappa shape index (κ3) is 13.8. The minimum absolute atomic E-state index is 0.927. The van der Waals surface area contributed by atoms with Crippen molar-refractivity contribution in [3.8, 4) is 0 Å². The van der Waals surface area contributed by atoms with E-state index in [-0.39, 0.29) is 0 Å². The van der Waals surface area contributed by atoms with Crippen LogP contribution in [0.2, 0.25) is 0 Å². The Morgan fingerprint density at radius 3 is 1.45 bits per heavy atom. The molecule has 6 rings (SSSR count). The molecule has 1 atom stereocenters. The summed E-state index contributed by atoms with van der Waals surface area (Å²) in [5.41, 5.74) is 10.2. The first-order valence-corrected chi connectivity index (χ1v) is 22.1. The molecule has 0 fully saturated rings. The van der Waals surface area contributed by atoms with Gasteiger partial charge in [0, 0.05) is 72.8 Å². The number of quaternary nitrogens is 1. The Morgan fingerprint density at radius 1 is 0.545 bits per heavy atom. The molecule has 0 saturated heterocycles. The summed E-state index contributed by atoms with van der Waals surface area (Å²) < 4.78 is 2.06. The average Bonchev–Trinajstić information content (AvgIpc) is 3.65. The molecule has 1 aromatic heterocycles. The SMILES string of the molecule is C[n+]1ccc(/C=C/c2ccc(N(CCCCSSCCCCN(Cc3ccccc3)c3ccc(/C=C/C4=C[NH+](C)C=C4)cc3)Cc3ccccc3)cc2)cc1. The Balaban J connectivity index is 0.921. The number of allylic oxidation sites excluding steroid dienone is 3. The number of unbranched alkanes of at least 4 members (excludes halogenated alkanes) is 2. The summed E-state index contributed by atoms with van der Waals surface area (Å²) in [6.07, 6.45) is 24.3. The Hall–Kier alpha value is -4.75. The molecular weight excluding hydrogens is 709 g/mol. The highest BCUT2D eigenvalue weighted by Gasteiger charge is 2.10. The summed E-state index contributed by atoms with van der Waals surface area (Å²) >= 11 is 0. The van der Waals surface area contributed by atoms with Gasteiger partial charge in [0.1, 0.15) is 13.2 Å². The van der Waals surface area contributed by atoms with E-state index in [1.54, 1.807) is 0 Å². The van der Waals surface area contributed by atoms with Crippen LogP contribution in [0.15, 0.2) is 164 Å². The van der Waals surface area contributed by atoms with Gasteiger partial charge in [-0.1, -0.05) is 125 Å². The Bertz CT molecular complexity index is 1970. The summed E-state index contributed by atoms with van der Waals surface area (Å²) in [6, 6.07) is 44.1. The Morgan fingerprint density at radius 2 is 1.00 bits per heavy atom. The maximum Gasteiger partial charge on any atom is 0.169 e. The summed E-state index contributed by atoms with van der Waals surface area (Å²) in [7, 11) is 8.27. The number of nitrogens with one attached hydrogen (secondary N) is 1. The van der Waals surface area contributed by atoms with Crippen LogP contribution >= 0.6 is 21.6 Å². The lowest BCUT2D eigenvalue weighted by Gasteiger charge is -2.25. The summed E-state index contributed by atoms with van der Waals surface area (Å²) in [6.45, 7) is 3.97. The molecule has 1 aliphatic rings. The Kier molecular flexibility index (Phi) is 15.9. The first-order chi connectivity index (χ1) is 27.1. The van der Waals surface area contributed by atoms with Crippen molar-refractivity contribution in [2.75, 3.05) is 41.4 Å². The second-order valence-electron chi connectivity index (χ2n) is 14.2. The van der Waals surface area contributed by atoms with E-state index in [0.29, 0.717) is 0 Å². The minimum atomic E-state index is 0.927. The van der Waals surface area contributed by atoms with E-state index in [0.717, 1.165) is 26.2 Å². The van der Waals surface area contributed by atoms with Crippen molar-refractivity contribution in [3.63, 3.8) is 0 Å². The fraction of sp³-hybridized carbons (Fsp3) is 0.245. The first-order valence-electron chi connectivity index (χ1n) is 19.6.